The molecule has 0 aromatic heterocycles. The first-order chi connectivity index (χ1) is 26.2. The molecule has 9 aromatic carbocycles. The van der Waals surface area contributed by atoms with Crippen LogP contribution in [0, 0.1) is 0 Å². The van der Waals surface area contributed by atoms with Crippen molar-refractivity contribution in [2.75, 3.05) is 4.90 Å². The highest BCUT2D eigenvalue weighted by molar-refractivity contribution is 6.24. The Morgan fingerprint density at radius 3 is 1.17 bits per heavy atom. The number of hydrogen-bond donors (Lipinski definition) is 0. The van der Waals surface area contributed by atoms with Gasteiger partial charge in [-0.3, -0.25) is 4.79 Å². The minimum Gasteiger partial charge on any atom is -0.311 e. The molecule has 0 spiro atoms. The monoisotopic (exact) mass is 675 g/mol. The summed E-state index contributed by atoms with van der Waals surface area (Å²) in [6.45, 7) is 0. The molecule has 2 nitrogen and oxygen atoms in total. The first kappa shape index (κ1) is 30.8. The smallest absolute Gasteiger partial charge is 0.194 e. The van der Waals surface area contributed by atoms with Gasteiger partial charge < -0.3 is 4.90 Å². The van der Waals surface area contributed by atoms with Crippen LogP contribution in [0.2, 0.25) is 0 Å². The average Bonchev–Trinajstić information content (AvgIpc) is 3.53. The molecule has 0 bridgehead atoms. The number of carbonyl (C=O) groups is 1. The number of hydrogen-bond acceptors (Lipinski definition) is 2. The van der Waals surface area contributed by atoms with Gasteiger partial charge in [-0.25, -0.2) is 0 Å². The van der Waals surface area contributed by atoms with E-state index in [-0.39, 0.29) is 5.78 Å². The number of rotatable bonds is 6. The Morgan fingerprint density at radius 2 is 0.642 bits per heavy atom. The average molecular weight is 676 g/mol. The van der Waals surface area contributed by atoms with Gasteiger partial charge in [0, 0.05) is 28.2 Å². The predicted octanol–water partition coefficient (Wildman–Crippen LogP) is 13.7. The largest absolute Gasteiger partial charge is 0.311 e. The summed E-state index contributed by atoms with van der Waals surface area (Å²) in [5.74, 6) is 0.0921. The van der Waals surface area contributed by atoms with Crippen LogP contribution < -0.4 is 4.90 Å². The number of ketones is 1. The zero-order valence-corrected chi connectivity index (χ0v) is 28.9. The van der Waals surface area contributed by atoms with Crippen molar-refractivity contribution in [1.29, 1.82) is 0 Å². The lowest BCUT2D eigenvalue weighted by atomic mass is 9.95. The van der Waals surface area contributed by atoms with Crippen molar-refractivity contribution in [3.05, 3.63) is 211 Å². The molecule has 0 heterocycles. The van der Waals surface area contributed by atoms with E-state index in [1.165, 1.54) is 43.8 Å². The Hall–Kier alpha value is -7.03. The lowest BCUT2D eigenvalue weighted by Crippen LogP contribution is -2.10. The van der Waals surface area contributed by atoms with Crippen LogP contribution in [0.25, 0.3) is 66.1 Å². The molecule has 0 N–H and O–H groups in total. The van der Waals surface area contributed by atoms with Crippen molar-refractivity contribution >= 4 is 44.4 Å². The van der Waals surface area contributed by atoms with E-state index in [9.17, 15) is 4.79 Å². The van der Waals surface area contributed by atoms with Crippen molar-refractivity contribution in [3.8, 4) is 44.5 Å². The van der Waals surface area contributed by atoms with Gasteiger partial charge in [-0.1, -0.05) is 164 Å². The third-order valence-electron chi connectivity index (χ3n) is 10.6. The van der Waals surface area contributed by atoms with Gasteiger partial charge in [0.25, 0.3) is 0 Å². The van der Waals surface area contributed by atoms with E-state index < -0.39 is 0 Å². The second-order valence-corrected chi connectivity index (χ2v) is 13.6. The quantitative estimate of drug-likeness (QED) is 0.175. The van der Waals surface area contributed by atoms with E-state index in [4.69, 9.17) is 0 Å². The number of nitrogens with zero attached hydrogens (tertiary/aromatic N) is 1. The van der Waals surface area contributed by atoms with Crippen LogP contribution in [0.3, 0.4) is 0 Å². The first-order valence-corrected chi connectivity index (χ1v) is 18.1. The van der Waals surface area contributed by atoms with E-state index in [2.05, 4.69) is 181 Å². The molecule has 0 saturated carbocycles. The van der Waals surface area contributed by atoms with Crippen LogP contribution >= 0.6 is 0 Å². The molecular formula is C51H33NO. The van der Waals surface area contributed by atoms with Crippen LogP contribution in [0.5, 0.6) is 0 Å². The normalized spacial score (nSPS) is 11.8. The van der Waals surface area contributed by atoms with E-state index >= 15 is 0 Å². The fourth-order valence-corrected chi connectivity index (χ4v) is 8.08. The molecule has 0 fully saturated rings. The SMILES string of the molecule is O=C1c2ccccc2-c2cccc(-c3ccc(N(c4ccc(-c5cccc6ccccc56)cc4)c4ccc(-c5cccc6ccccc56)cc4)cc3)c21. The van der Waals surface area contributed by atoms with Gasteiger partial charge in [-0.05, 0) is 102 Å². The number of benzene rings is 9. The van der Waals surface area contributed by atoms with E-state index in [0.29, 0.717) is 0 Å². The maximum Gasteiger partial charge on any atom is 0.194 e. The zero-order valence-electron chi connectivity index (χ0n) is 28.9. The molecule has 0 unspecified atom stereocenters. The fraction of sp³-hybridized carbons (Fsp3) is 0. The predicted molar refractivity (Wildman–Crippen MR) is 221 cm³/mol. The van der Waals surface area contributed by atoms with Crippen LogP contribution in [-0.2, 0) is 0 Å². The first-order valence-electron chi connectivity index (χ1n) is 18.1. The number of fused-ring (bicyclic) bond motifs is 5. The molecule has 9 aromatic rings. The van der Waals surface area contributed by atoms with Crippen LogP contribution in [0.15, 0.2) is 200 Å². The standard InChI is InChI=1S/C51H33NO/c53-51-49-17-6-5-16-47(49)48-21-9-20-46(50(48)51)38-26-32-41(33-27-38)52(39-28-22-36(23-29-39)44-18-7-12-34-10-1-3-14-42(34)44)40-30-24-37(25-31-40)45-19-8-13-35-11-2-4-15-43(35)45/h1-33H. The Balaban J connectivity index is 1.06. The lowest BCUT2D eigenvalue weighted by molar-refractivity contribution is 0.104. The van der Waals surface area contributed by atoms with Gasteiger partial charge in [0.2, 0.25) is 0 Å². The highest BCUT2D eigenvalue weighted by atomic mass is 16.1. The highest BCUT2D eigenvalue weighted by Gasteiger charge is 2.29. The molecule has 1 aliphatic rings. The van der Waals surface area contributed by atoms with Crippen LogP contribution in [0.4, 0.5) is 17.1 Å². The molecule has 2 heteroatoms. The van der Waals surface area contributed by atoms with Gasteiger partial charge in [0.1, 0.15) is 0 Å². The minimum absolute atomic E-state index is 0.0921. The maximum atomic E-state index is 13.6. The van der Waals surface area contributed by atoms with Gasteiger partial charge in [0.05, 0.1) is 0 Å². The molecule has 248 valence electrons. The molecule has 53 heavy (non-hydrogen) atoms. The van der Waals surface area contributed by atoms with E-state index in [0.717, 1.165) is 50.4 Å². The Kier molecular flexibility index (Phi) is 7.33. The van der Waals surface area contributed by atoms with Gasteiger partial charge in [0.15, 0.2) is 5.78 Å². The molecule has 10 rings (SSSR count). The summed E-state index contributed by atoms with van der Waals surface area (Å²) >= 11 is 0. The molecule has 1 aliphatic carbocycles. The summed E-state index contributed by atoms with van der Waals surface area (Å²) in [6, 6.07) is 70.5. The van der Waals surface area contributed by atoms with Crippen molar-refractivity contribution in [2.24, 2.45) is 0 Å². The minimum atomic E-state index is 0.0921. The van der Waals surface area contributed by atoms with Gasteiger partial charge >= 0.3 is 0 Å². The van der Waals surface area contributed by atoms with Gasteiger partial charge in [-0.2, -0.15) is 0 Å². The van der Waals surface area contributed by atoms with Crippen molar-refractivity contribution < 1.29 is 4.79 Å². The topological polar surface area (TPSA) is 20.3 Å². The van der Waals surface area contributed by atoms with Crippen LogP contribution in [0.1, 0.15) is 15.9 Å². The summed E-state index contributed by atoms with van der Waals surface area (Å²) in [4.78, 5) is 15.9. The summed E-state index contributed by atoms with van der Waals surface area (Å²) in [6.07, 6.45) is 0. The van der Waals surface area contributed by atoms with Crippen molar-refractivity contribution in [3.63, 3.8) is 0 Å². The second kappa shape index (κ2) is 12.6. The van der Waals surface area contributed by atoms with E-state index in [1.807, 2.05) is 24.3 Å². The summed E-state index contributed by atoms with van der Waals surface area (Å²) in [5, 5.41) is 4.95. The summed E-state index contributed by atoms with van der Waals surface area (Å²) < 4.78 is 0. The lowest BCUT2D eigenvalue weighted by Gasteiger charge is -2.26. The fourth-order valence-electron chi connectivity index (χ4n) is 8.08. The second-order valence-electron chi connectivity index (χ2n) is 13.6. The van der Waals surface area contributed by atoms with Crippen LogP contribution in [-0.4, -0.2) is 5.78 Å². The number of carbonyl (C=O) groups excluding carboxylic acids is 1. The molecule has 0 atom stereocenters. The molecule has 0 amide bonds. The Bertz CT molecular complexity index is 2700. The highest BCUT2D eigenvalue weighted by Crippen LogP contribution is 2.43. The molecular weight excluding hydrogens is 643 g/mol. The third-order valence-corrected chi connectivity index (χ3v) is 10.6. The van der Waals surface area contributed by atoms with Crippen molar-refractivity contribution in [1.82, 2.24) is 0 Å². The zero-order chi connectivity index (χ0) is 35.3. The van der Waals surface area contributed by atoms with Crippen molar-refractivity contribution in [2.45, 2.75) is 0 Å². The van der Waals surface area contributed by atoms with Gasteiger partial charge in [-0.15, -0.1) is 0 Å². The summed E-state index contributed by atoms with van der Waals surface area (Å²) in [7, 11) is 0. The molecule has 0 aliphatic heterocycles. The van der Waals surface area contributed by atoms with E-state index in [1.54, 1.807) is 0 Å². The Morgan fingerprint density at radius 1 is 0.283 bits per heavy atom. The Labute approximate surface area is 308 Å². The molecule has 0 saturated heterocycles. The maximum absolute atomic E-state index is 13.6. The summed E-state index contributed by atoms with van der Waals surface area (Å²) in [5.41, 5.74) is 13.5. The molecule has 0 radical (unpaired) electrons. The third kappa shape index (κ3) is 5.23. The number of anilines is 3.